The molecule has 0 bridgehead atoms. The van der Waals surface area contributed by atoms with Crippen molar-refractivity contribution < 1.29 is 27.9 Å². The lowest BCUT2D eigenvalue weighted by Gasteiger charge is -2.35. The number of aromatic carboxylic acids is 1. The van der Waals surface area contributed by atoms with E-state index in [0.29, 0.717) is 13.1 Å². The molecule has 0 aromatic carbocycles. The number of nitrogens with two attached hydrogens (primary N) is 1. The molecule has 3 aromatic rings. The minimum Gasteiger partial charge on any atom is -0.478 e. The molecule has 0 spiro atoms. The van der Waals surface area contributed by atoms with Gasteiger partial charge in [-0.25, -0.2) is 14.8 Å². The first kappa shape index (κ1) is 28.5. The van der Waals surface area contributed by atoms with Crippen molar-refractivity contribution in [2.45, 2.75) is 45.8 Å². The SMILES string of the molecule is CC(C)(C)[C@@H](N)C(=O)N1CCC(C#N)CC1.O=C(O)c1c[nH]c2ncc(-c3cc(C(F)(F)F)ccn3)nc12. The smallest absolute Gasteiger partial charge is 0.416 e. The van der Waals surface area contributed by atoms with Gasteiger partial charge < -0.3 is 20.7 Å². The molecule has 13 heteroatoms. The van der Waals surface area contributed by atoms with Crippen LogP contribution in [0.15, 0.2) is 30.7 Å². The van der Waals surface area contributed by atoms with E-state index in [1.54, 1.807) is 4.90 Å². The Bertz CT molecular complexity index is 1350. The number of fused-ring (bicyclic) bond motifs is 1. The number of halogens is 3. The number of piperidine rings is 1. The summed E-state index contributed by atoms with van der Waals surface area (Å²) in [6.45, 7) is 7.24. The van der Waals surface area contributed by atoms with Crippen molar-refractivity contribution in [2.24, 2.45) is 17.1 Å². The molecule has 38 heavy (non-hydrogen) atoms. The maximum Gasteiger partial charge on any atom is 0.416 e. The number of carbonyl (C=O) groups is 2. The number of likely N-dealkylation sites (tertiary alicyclic amines) is 1. The van der Waals surface area contributed by atoms with Crippen LogP contribution in [-0.4, -0.2) is 61.0 Å². The van der Waals surface area contributed by atoms with Crippen LogP contribution in [0.4, 0.5) is 13.2 Å². The first-order valence-corrected chi connectivity index (χ1v) is 11.8. The summed E-state index contributed by atoms with van der Waals surface area (Å²) < 4.78 is 38.1. The van der Waals surface area contributed by atoms with Crippen LogP contribution in [0.2, 0.25) is 0 Å². The van der Waals surface area contributed by atoms with Crippen LogP contribution in [0.25, 0.3) is 22.6 Å². The minimum absolute atomic E-state index is 0.0175. The number of pyridine rings is 1. The number of carboxylic acid groups (broad SMARTS) is 1. The fourth-order valence-corrected chi connectivity index (χ4v) is 3.72. The van der Waals surface area contributed by atoms with Crippen molar-refractivity contribution >= 4 is 23.0 Å². The van der Waals surface area contributed by atoms with E-state index in [4.69, 9.17) is 16.1 Å². The number of hydrogen-bond donors (Lipinski definition) is 3. The van der Waals surface area contributed by atoms with Gasteiger partial charge in [0, 0.05) is 31.4 Å². The van der Waals surface area contributed by atoms with Crippen LogP contribution in [0.3, 0.4) is 0 Å². The molecule has 0 unspecified atom stereocenters. The van der Waals surface area contributed by atoms with Crippen molar-refractivity contribution in [3.8, 4) is 17.5 Å². The summed E-state index contributed by atoms with van der Waals surface area (Å²) in [5.41, 5.74) is 5.05. The van der Waals surface area contributed by atoms with Gasteiger partial charge in [-0.2, -0.15) is 18.4 Å². The summed E-state index contributed by atoms with van der Waals surface area (Å²) in [5.74, 6) is -1.09. The van der Waals surface area contributed by atoms with Gasteiger partial charge in [0.15, 0.2) is 5.65 Å². The zero-order valence-electron chi connectivity index (χ0n) is 21.1. The van der Waals surface area contributed by atoms with Gasteiger partial charge in [-0.3, -0.25) is 9.78 Å². The second kappa shape index (κ2) is 11.1. The van der Waals surface area contributed by atoms with Crippen LogP contribution in [0, 0.1) is 22.7 Å². The van der Waals surface area contributed by atoms with Gasteiger partial charge >= 0.3 is 12.1 Å². The normalized spacial score (nSPS) is 15.4. The van der Waals surface area contributed by atoms with Crippen LogP contribution in [0.1, 0.15) is 49.5 Å². The number of rotatable bonds is 3. The molecule has 4 rings (SSSR count). The standard InChI is InChI=1S/C13H7F3N4O2.C12H21N3O/c14-13(15,16)6-1-2-17-8(3-6)9-5-19-11-10(20-9)7(4-18-11)12(21)22;1-12(2,3)10(14)11(16)15-6-4-9(8-13)5-7-15/h1-5H,(H,18,19)(H,21,22);9-10H,4-7,14H2,1-3H3/t;10-/m.0/s1. The molecule has 1 saturated heterocycles. The van der Waals surface area contributed by atoms with E-state index >= 15 is 0 Å². The topological polar surface area (TPSA) is 162 Å². The van der Waals surface area contributed by atoms with Gasteiger partial charge in [0.05, 0.1) is 29.6 Å². The molecule has 4 heterocycles. The van der Waals surface area contributed by atoms with E-state index in [1.807, 2.05) is 20.8 Å². The predicted molar refractivity (Wildman–Crippen MR) is 131 cm³/mol. The maximum absolute atomic E-state index is 12.7. The molecule has 0 saturated carbocycles. The van der Waals surface area contributed by atoms with Gasteiger partial charge in [0.2, 0.25) is 5.91 Å². The van der Waals surface area contributed by atoms with E-state index in [1.165, 1.54) is 12.4 Å². The molecule has 1 aliphatic rings. The molecule has 202 valence electrons. The Morgan fingerprint density at radius 1 is 1.21 bits per heavy atom. The Kier molecular flexibility index (Phi) is 8.36. The summed E-state index contributed by atoms with van der Waals surface area (Å²) in [7, 11) is 0. The molecule has 1 amide bonds. The van der Waals surface area contributed by atoms with E-state index in [9.17, 15) is 22.8 Å². The highest BCUT2D eigenvalue weighted by atomic mass is 19.4. The lowest BCUT2D eigenvalue weighted by atomic mass is 9.86. The van der Waals surface area contributed by atoms with Gasteiger partial charge in [-0.05, 0) is 30.4 Å². The van der Waals surface area contributed by atoms with Crippen molar-refractivity contribution in [1.29, 1.82) is 5.26 Å². The van der Waals surface area contributed by atoms with Crippen LogP contribution in [0.5, 0.6) is 0 Å². The summed E-state index contributed by atoms with van der Waals surface area (Å²) >= 11 is 0. The first-order valence-electron chi connectivity index (χ1n) is 11.8. The van der Waals surface area contributed by atoms with Crippen LogP contribution >= 0.6 is 0 Å². The fraction of sp³-hybridized carbons (Fsp3) is 0.440. The number of aromatic amines is 1. The molecular formula is C25H28F3N7O3. The van der Waals surface area contributed by atoms with E-state index in [-0.39, 0.29) is 45.4 Å². The van der Waals surface area contributed by atoms with Gasteiger partial charge in [-0.1, -0.05) is 20.8 Å². The highest BCUT2D eigenvalue weighted by molar-refractivity contribution is 6.00. The molecule has 0 aliphatic carbocycles. The largest absolute Gasteiger partial charge is 0.478 e. The van der Waals surface area contributed by atoms with Gasteiger partial charge in [0.25, 0.3) is 0 Å². The summed E-state index contributed by atoms with van der Waals surface area (Å²) in [4.78, 5) is 39.4. The molecule has 3 aromatic heterocycles. The predicted octanol–water partition coefficient (Wildman–Crippen LogP) is 3.86. The van der Waals surface area contributed by atoms with E-state index in [0.717, 1.165) is 31.2 Å². The molecule has 0 radical (unpaired) electrons. The van der Waals surface area contributed by atoms with Crippen molar-refractivity contribution in [2.75, 3.05) is 13.1 Å². The average molecular weight is 532 g/mol. The molecule has 1 fully saturated rings. The second-order valence-corrected chi connectivity index (χ2v) is 9.96. The van der Waals surface area contributed by atoms with Gasteiger partial charge in [-0.15, -0.1) is 0 Å². The third-order valence-corrected chi connectivity index (χ3v) is 6.15. The Morgan fingerprint density at radius 3 is 2.42 bits per heavy atom. The fourth-order valence-electron chi connectivity index (χ4n) is 3.72. The number of nitrogens with one attached hydrogen (secondary N) is 1. The quantitative estimate of drug-likeness (QED) is 0.459. The summed E-state index contributed by atoms with van der Waals surface area (Å²) in [6, 6.07) is 3.48. The first-order chi connectivity index (χ1) is 17.7. The zero-order chi connectivity index (χ0) is 28.3. The average Bonchev–Trinajstić information content (AvgIpc) is 3.31. The molecule has 4 N–H and O–H groups in total. The number of carbonyl (C=O) groups excluding carboxylic acids is 1. The van der Waals surface area contributed by atoms with Crippen LogP contribution < -0.4 is 5.73 Å². The minimum atomic E-state index is -4.50. The molecule has 1 aliphatic heterocycles. The monoisotopic (exact) mass is 531 g/mol. The third kappa shape index (κ3) is 6.63. The Balaban J connectivity index is 0.000000223. The Labute approximate surface area is 216 Å². The Hall–Kier alpha value is -4.05. The number of nitriles is 1. The number of alkyl halides is 3. The maximum atomic E-state index is 12.7. The lowest BCUT2D eigenvalue weighted by Crippen LogP contribution is -2.52. The number of amides is 1. The molecule has 10 nitrogen and oxygen atoms in total. The lowest BCUT2D eigenvalue weighted by molar-refractivity contribution is -0.138. The molecular weight excluding hydrogens is 503 g/mol. The van der Waals surface area contributed by atoms with Crippen LogP contribution in [-0.2, 0) is 11.0 Å². The van der Waals surface area contributed by atoms with Crippen molar-refractivity contribution in [3.63, 3.8) is 0 Å². The van der Waals surface area contributed by atoms with Gasteiger partial charge in [0.1, 0.15) is 16.8 Å². The number of nitrogens with zero attached hydrogens (tertiary/aromatic N) is 5. The van der Waals surface area contributed by atoms with E-state index in [2.05, 4.69) is 26.0 Å². The van der Waals surface area contributed by atoms with E-state index < -0.39 is 23.8 Å². The molecule has 1 atom stereocenters. The van der Waals surface area contributed by atoms with Crippen molar-refractivity contribution in [3.05, 3.63) is 41.9 Å². The zero-order valence-corrected chi connectivity index (χ0v) is 21.1. The summed E-state index contributed by atoms with van der Waals surface area (Å²) in [6.07, 6.45) is 0.510. The highest BCUT2D eigenvalue weighted by Gasteiger charge is 2.33. The number of hydrogen-bond acceptors (Lipinski definition) is 7. The van der Waals surface area contributed by atoms with Crippen molar-refractivity contribution in [1.82, 2.24) is 24.8 Å². The summed E-state index contributed by atoms with van der Waals surface area (Å²) in [5, 5.41) is 17.8. The highest BCUT2D eigenvalue weighted by Crippen LogP contribution is 2.31. The second-order valence-electron chi connectivity index (χ2n) is 9.96. The number of H-pyrrole nitrogens is 1. The number of carboxylic acids is 1. The Morgan fingerprint density at radius 2 is 1.87 bits per heavy atom. The number of aromatic nitrogens is 4. The third-order valence-electron chi connectivity index (χ3n) is 6.15.